The van der Waals surface area contributed by atoms with Crippen molar-refractivity contribution < 1.29 is 4.79 Å². The summed E-state index contributed by atoms with van der Waals surface area (Å²) in [5.41, 5.74) is 2.08. The van der Waals surface area contributed by atoms with E-state index in [0.29, 0.717) is 0 Å². The van der Waals surface area contributed by atoms with Gasteiger partial charge in [-0.25, -0.2) is 4.79 Å². The number of nitrogens with zero attached hydrogens (tertiary/aromatic N) is 1. The van der Waals surface area contributed by atoms with Crippen molar-refractivity contribution in [2.24, 2.45) is 10.4 Å². The zero-order valence-corrected chi connectivity index (χ0v) is 11.4. The molecule has 2 heteroatoms. The molecule has 0 fully saturated rings. The third kappa shape index (κ3) is 3.83. The molecular weight excluding hydrogens is 210 g/mol. The lowest BCUT2D eigenvalue weighted by Crippen LogP contribution is -2.24. The van der Waals surface area contributed by atoms with Gasteiger partial charge in [0.15, 0.2) is 0 Å². The van der Waals surface area contributed by atoms with Crippen molar-refractivity contribution in [2.75, 3.05) is 0 Å². The summed E-state index contributed by atoms with van der Waals surface area (Å²) in [4.78, 5) is 14.2. The number of hydrogen-bond acceptors (Lipinski definition) is 2. The average molecular weight is 231 g/mol. The fourth-order valence-corrected chi connectivity index (χ4v) is 2.61. The van der Waals surface area contributed by atoms with Crippen LogP contribution in [0.3, 0.4) is 0 Å². The number of isocyanates is 1. The molecular formula is C15H21NO. The Morgan fingerprint density at radius 3 is 2.24 bits per heavy atom. The number of carbonyl (C=O) groups excluding carboxylic acids is 1. The van der Waals surface area contributed by atoms with Crippen LogP contribution < -0.4 is 0 Å². The van der Waals surface area contributed by atoms with Crippen LogP contribution in [0.5, 0.6) is 0 Å². The molecule has 0 bridgehead atoms. The summed E-state index contributed by atoms with van der Waals surface area (Å²) in [5.74, 6) is 0. The molecule has 0 heterocycles. The average Bonchev–Trinajstić information content (AvgIpc) is 2.15. The van der Waals surface area contributed by atoms with Gasteiger partial charge in [0.25, 0.3) is 0 Å². The Morgan fingerprint density at radius 1 is 1.12 bits per heavy atom. The van der Waals surface area contributed by atoms with Crippen LogP contribution in [-0.4, -0.2) is 6.08 Å². The molecule has 0 aliphatic carbocycles. The van der Waals surface area contributed by atoms with Gasteiger partial charge in [0.2, 0.25) is 6.08 Å². The zero-order chi connectivity index (χ0) is 13.1. The van der Waals surface area contributed by atoms with Crippen LogP contribution in [0.2, 0.25) is 0 Å². The minimum absolute atomic E-state index is 0.00477. The van der Waals surface area contributed by atoms with Crippen molar-refractivity contribution in [3.05, 3.63) is 29.8 Å². The smallest absolute Gasteiger partial charge is 0.211 e. The molecule has 1 aromatic carbocycles. The summed E-state index contributed by atoms with van der Waals surface area (Å²) in [5, 5.41) is 0. The minimum Gasteiger partial charge on any atom is -0.211 e. The zero-order valence-electron chi connectivity index (χ0n) is 11.4. The molecule has 0 unspecified atom stereocenters. The highest BCUT2D eigenvalue weighted by atomic mass is 16.1. The molecule has 0 spiro atoms. The highest BCUT2D eigenvalue weighted by Crippen LogP contribution is 2.39. The third-order valence-electron chi connectivity index (χ3n) is 2.77. The number of rotatable bonds is 3. The summed E-state index contributed by atoms with van der Waals surface area (Å²) < 4.78 is 0. The van der Waals surface area contributed by atoms with Gasteiger partial charge in [-0.15, -0.1) is 0 Å². The van der Waals surface area contributed by atoms with Gasteiger partial charge in [-0.1, -0.05) is 52.8 Å². The second kappa shape index (κ2) is 4.85. The molecule has 0 atom stereocenters. The summed E-state index contributed by atoms with van der Waals surface area (Å²) in [6.45, 7) is 11.1. The van der Waals surface area contributed by atoms with Crippen molar-refractivity contribution >= 4 is 11.8 Å². The Bertz CT molecular complexity index is 434. The van der Waals surface area contributed by atoms with Gasteiger partial charge in [-0.05, 0) is 28.9 Å². The first kappa shape index (κ1) is 13.7. The minimum atomic E-state index is -0.00477. The lowest BCUT2D eigenvalue weighted by molar-refractivity contribution is 0.284. The Balaban J connectivity index is 3.18. The second-order valence-electron chi connectivity index (χ2n) is 6.34. The maximum absolute atomic E-state index is 10.4. The van der Waals surface area contributed by atoms with Crippen molar-refractivity contribution in [3.8, 4) is 0 Å². The van der Waals surface area contributed by atoms with E-state index in [1.807, 2.05) is 24.3 Å². The predicted octanol–water partition coefficient (Wildman–Crippen LogP) is 4.37. The van der Waals surface area contributed by atoms with Crippen molar-refractivity contribution in [3.63, 3.8) is 0 Å². The van der Waals surface area contributed by atoms with Gasteiger partial charge in [-0.3, -0.25) is 0 Å². The van der Waals surface area contributed by atoms with Crippen molar-refractivity contribution in [2.45, 2.75) is 46.5 Å². The van der Waals surface area contributed by atoms with Gasteiger partial charge >= 0.3 is 0 Å². The van der Waals surface area contributed by atoms with Gasteiger partial charge < -0.3 is 0 Å². The summed E-state index contributed by atoms with van der Waals surface area (Å²) in [6, 6.07) is 7.79. The van der Waals surface area contributed by atoms with Crippen molar-refractivity contribution in [1.82, 2.24) is 0 Å². The van der Waals surface area contributed by atoms with Gasteiger partial charge in [0.1, 0.15) is 0 Å². The van der Waals surface area contributed by atoms with E-state index in [9.17, 15) is 4.79 Å². The molecule has 1 aromatic rings. The Hall–Kier alpha value is -1.40. The number of para-hydroxylation sites is 1. The van der Waals surface area contributed by atoms with Crippen LogP contribution in [0.1, 0.15) is 46.6 Å². The molecule has 0 amide bonds. The van der Waals surface area contributed by atoms with Crippen molar-refractivity contribution in [1.29, 1.82) is 0 Å². The Kier molecular flexibility index (Phi) is 3.90. The number of hydrogen-bond donors (Lipinski definition) is 0. The maximum atomic E-state index is 10.4. The van der Waals surface area contributed by atoms with E-state index in [4.69, 9.17) is 0 Å². The first-order valence-electron chi connectivity index (χ1n) is 5.94. The lowest BCUT2D eigenvalue weighted by atomic mass is 9.72. The highest BCUT2D eigenvalue weighted by molar-refractivity contribution is 5.55. The third-order valence-corrected chi connectivity index (χ3v) is 2.77. The fourth-order valence-electron chi connectivity index (χ4n) is 2.61. The van der Waals surface area contributed by atoms with Gasteiger partial charge in [0, 0.05) is 0 Å². The van der Waals surface area contributed by atoms with Crippen LogP contribution in [0, 0.1) is 5.41 Å². The van der Waals surface area contributed by atoms with Crippen LogP contribution in [0.25, 0.3) is 0 Å². The molecule has 92 valence electrons. The second-order valence-corrected chi connectivity index (χ2v) is 6.34. The Morgan fingerprint density at radius 2 is 1.71 bits per heavy atom. The van der Waals surface area contributed by atoms with E-state index < -0.39 is 0 Å². The van der Waals surface area contributed by atoms with E-state index in [0.717, 1.165) is 17.7 Å². The van der Waals surface area contributed by atoms with Crippen LogP contribution >= 0.6 is 0 Å². The Labute approximate surface area is 104 Å². The molecule has 0 aliphatic rings. The largest absolute Gasteiger partial charge is 0.240 e. The lowest BCUT2D eigenvalue weighted by Gasteiger charge is -2.33. The molecule has 2 nitrogen and oxygen atoms in total. The van der Waals surface area contributed by atoms with Crippen LogP contribution in [0.4, 0.5) is 5.69 Å². The van der Waals surface area contributed by atoms with E-state index >= 15 is 0 Å². The fraction of sp³-hybridized carbons (Fsp3) is 0.533. The summed E-state index contributed by atoms with van der Waals surface area (Å²) >= 11 is 0. The first-order valence-corrected chi connectivity index (χ1v) is 5.94. The monoisotopic (exact) mass is 231 g/mol. The molecule has 0 saturated carbocycles. The molecule has 0 N–H and O–H groups in total. The van der Waals surface area contributed by atoms with Crippen LogP contribution in [0.15, 0.2) is 29.3 Å². The van der Waals surface area contributed by atoms with Gasteiger partial charge in [-0.2, -0.15) is 4.99 Å². The first-order chi connectivity index (χ1) is 7.76. The van der Waals surface area contributed by atoms with E-state index in [-0.39, 0.29) is 10.8 Å². The highest BCUT2D eigenvalue weighted by Gasteiger charge is 2.29. The van der Waals surface area contributed by atoms with Crippen LogP contribution in [-0.2, 0) is 10.2 Å². The molecule has 0 radical (unpaired) electrons. The number of aliphatic imine (C=N–C) groups is 1. The predicted molar refractivity (Wildman–Crippen MR) is 71.3 cm³/mol. The molecule has 0 aliphatic heterocycles. The molecule has 17 heavy (non-hydrogen) atoms. The topological polar surface area (TPSA) is 29.4 Å². The molecule has 1 rings (SSSR count). The quantitative estimate of drug-likeness (QED) is 0.561. The van der Waals surface area contributed by atoms with E-state index in [1.165, 1.54) is 0 Å². The summed E-state index contributed by atoms with van der Waals surface area (Å²) in [7, 11) is 0. The molecule has 0 saturated heterocycles. The van der Waals surface area contributed by atoms with E-state index in [1.54, 1.807) is 6.08 Å². The van der Waals surface area contributed by atoms with Gasteiger partial charge in [0.05, 0.1) is 5.69 Å². The standard InChI is InChI=1S/C15H21NO/c1-14(2,3)10-15(4,5)12-8-6-7-9-13(12)16-11-17/h6-9H,10H2,1-5H3. The van der Waals surface area contributed by atoms with E-state index in [2.05, 4.69) is 39.6 Å². The summed E-state index contributed by atoms with van der Waals surface area (Å²) in [6.07, 6.45) is 2.67. The number of benzene rings is 1. The molecule has 0 aromatic heterocycles. The maximum Gasteiger partial charge on any atom is 0.240 e. The SMILES string of the molecule is CC(C)(C)CC(C)(C)c1ccccc1N=C=O. The normalized spacial score (nSPS) is 12.1.